The summed E-state index contributed by atoms with van der Waals surface area (Å²) < 4.78 is 10.7. The molecule has 2 fully saturated rings. The second kappa shape index (κ2) is 9.37. The molecular weight excluding hydrogens is 308 g/mol. The fraction of sp³-hybridized carbons (Fsp3) is 0.889. The smallest absolute Gasteiger partial charge is 0.328 e. The molecule has 24 heavy (non-hydrogen) atoms. The Hall–Kier alpha value is -1.14. The summed E-state index contributed by atoms with van der Waals surface area (Å²) in [5, 5.41) is 0. The number of hydrogen-bond donors (Lipinski definition) is 1. The van der Waals surface area contributed by atoms with E-state index < -0.39 is 12.1 Å². The number of likely N-dealkylation sites (tertiary alicyclic amines) is 1. The quantitative estimate of drug-likeness (QED) is 0.746. The van der Waals surface area contributed by atoms with E-state index in [-0.39, 0.29) is 18.0 Å². The highest BCUT2D eigenvalue weighted by Gasteiger charge is 2.36. The molecule has 0 aromatic heterocycles. The molecule has 0 spiro atoms. The summed E-state index contributed by atoms with van der Waals surface area (Å²) in [7, 11) is 1.36. The van der Waals surface area contributed by atoms with Crippen molar-refractivity contribution >= 4 is 11.9 Å². The summed E-state index contributed by atoms with van der Waals surface area (Å²) in [6.07, 6.45) is 8.36. The molecule has 1 amide bonds. The lowest BCUT2D eigenvalue weighted by Crippen LogP contribution is -2.56. The molecule has 2 N–H and O–H groups in total. The number of esters is 1. The molecule has 0 bridgehead atoms. The van der Waals surface area contributed by atoms with Crippen LogP contribution in [0.2, 0.25) is 0 Å². The van der Waals surface area contributed by atoms with Crippen molar-refractivity contribution in [2.75, 3.05) is 20.3 Å². The van der Waals surface area contributed by atoms with Gasteiger partial charge in [-0.1, -0.05) is 19.3 Å². The zero-order valence-electron chi connectivity index (χ0n) is 15.0. The molecule has 0 radical (unpaired) electrons. The number of nitrogens with zero attached hydrogens (tertiary/aromatic N) is 1. The second-order valence-electron chi connectivity index (χ2n) is 7.13. The molecule has 0 unspecified atom stereocenters. The van der Waals surface area contributed by atoms with Gasteiger partial charge >= 0.3 is 5.97 Å². The lowest BCUT2D eigenvalue weighted by atomic mass is 9.90. The third-order valence-electron chi connectivity index (χ3n) is 5.37. The van der Waals surface area contributed by atoms with E-state index in [9.17, 15) is 9.59 Å². The monoisotopic (exact) mass is 340 g/mol. The number of methoxy groups -OCH3 is 1. The molecule has 0 aromatic rings. The maximum atomic E-state index is 12.7. The summed E-state index contributed by atoms with van der Waals surface area (Å²) in [4.78, 5) is 26.2. The molecule has 1 heterocycles. The van der Waals surface area contributed by atoms with Gasteiger partial charge < -0.3 is 20.1 Å². The van der Waals surface area contributed by atoms with Crippen molar-refractivity contribution < 1.29 is 19.1 Å². The maximum absolute atomic E-state index is 12.7. The van der Waals surface area contributed by atoms with Crippen LogP contribution < -0.4 is 5.73 Å². The fourth-order valence-electron chi connectivity index (χ4n) is 3.71. The number of nitrogens with two attached hydrogens (primary N) is 1. The SMILES string of the molecule is COC(=O)[C@@H]1CCCCN1C(=O)[C@@H](N)[C@@H](C)OCC1CCCCC1. The van der Waals surface area contributed by atoms with Crippen molar-refractivity contribution in [1.82, 2.24) is 4.90 Å². The van der Waals surface area contributed by atoms with Crippen LogP contribution in [0.3, 0.4) is 0 Å². The Morgan fingerprint density at radius 2 is 1.79 bits per heavy atom. The Kier molecular flexibility index (Phi) is 7.49. The van der Waals surface area contributed by atoms with Gasteiger partial charge in [0.15, 0.2) is 0 Å². The van der Waals surface area contributed by atoms with Gasteiger partial charge in [-0.2, -0.15) is 0 Å². The van der Waals surface area contributed by atoms with E-state index in [1.807, 2.05) is 6.92 Å². The molecule has 3 atom stereocenters. The van der Waals surface area contributed by atoms with Gasteiger partial charge in [0.2, 0.25) is 5.91 Å². The van der Waals surface area contributed by atoms with E-state index in [1.54, 1.807) is 4.90 Å². The van der Waals surface area contributed by atoms with Crippen LogP contribution in [0.1, 0.15) is 58.3 Å². The summed E-state index contributed by atoms with van der Waals surface area (Å²) in [5.41, 5.74) is 6.14. The van der Waals surface area contributed by atoms with Crippen LogP contribution in [-0.2, 0) is 19.1 Å². The van der Waals surface area contributed by atoms with E-state index in [2.05, 4.69) is 0 Å². The van der Waals surface area contributed by atoms with E-state index in [0.717, 1.165) is 12.8 Å². The summed E-state index contributed by atoms with van der Waals surface area (Å²) in [6, 6.07) is -1.24. The maximum Gasteiger partial charge on any atom is 0.328 e. The molecule has 138 valence electrons. The minimum atomic E-state index is -0.737. The third kappa shape index (κ3) is 4.93. The number of piperidine rings is 1. The molecule has 2 rings (SSSR count). The van der Waals surface area contributed by atoms with E-state index in [0.29, 0.717) is 25.5 Å². The highest BCUT2D eigenvalue weighted by atomic mass is 16.5. The zero-order chi connectivity index (χ0) is 17.5. The van der Waals surface area contributed by atoms with Crippen molar-refractivity contribution in [2.24, 2.45) is 11.7 Å². The second-order valence-corrected chi connectivity index (χ2v) is 7.13. The lowest BCUT2D eigenvalue weighted by molar-refractivity contribution is -0.156. The van der Waals surface area contributed by atoms with Gasteiger partial charge in [0, 0.05) is 13.2 Å². The standard InChI is InChI=1S/C18H32N2O4/c1-13(24-12-14-8-4-3-5-9-14)16(19)17(21)20-11-7-6-10-15(20)18(22)23-2/h13-16H,3-12,19H2,1-2H3/t13-,15+,16+/m1/s1. The predicted molar refractivity (Wildman–Crippen MR) is 91.3 cm³/mol. The van der Waals surface area contributed by atoms with Crippen LogP contribution in [0.15, 0.2) is 0 Å². The summed E-state index contributed by atoms with van der Waals surface area (Å²) in [5.74, 6) is 0.0218. The van der Waals surface area contributed by atoms with Crippen LogP contribution in [0, 0.1) is 5.92 Å². The van der Waals surface area contributed by atoms with Crippen LogP contribution in [-0.4, -0.2) is 55.2 Å². The van der Waals surface area contributed by atoms with Crippen molar-refractivity contribution in [3.63, 3.8) is 0 Å². The van der Waals surface area contributed by atoms with Gasteiger partial charge in [-0.15, -0.1) is 0 Å². The topological polar surface area (TPSA) is 81.9 Å². The molecule has 1 aliphatic heterocycles. The van der Waals surface area contributed by atoms with E-state index in [1.165, 1.54) is 39.2 Å². The summed E-state index contributed by atoms with van der Waals surface area (Å²) >= 11 is 0. The van der Waals surface area contributed by atoms with Crippen LogP contribution >= 0.6 is 0 Å². The van der Waals surface area contributed by atoms with Crippen LogP contribution in [0.5, 0.6) is 0 Å². The number of amides is 1. The van der Waals surface area contributed by atoms with Crippen LogP contribution in [0.25, 0.3) is 0 Å². The lowest BCUT2D eigenvalue weighted by Gasteiger charge is -2.36. The first kappa shape index (κ1) is 19.2. The molecule has 0 aromatic carbocycles. The summed E-state index contributed by atoms with van der Waals surface area (Å²) in [6.45, 7) is 3.08. The number of carbonyl (C=O) groups excluding carboxylic acids is 2. The minimum Gasteiger partial charge on any atom is -0.467 e. The van der Waals surface area contributed by atoms with Gasteiger partial charge in [0.1, 0.15) is 12.1 Å². The molecular formula is C18H32N2O4. The van der Waals surface area contributed by atoms with Gasteiger partial charge in [-0.25, -0.2) is 4.79 Å². The fourth-order valence-corrected chi connectivity index (χ4v) is 3.71. The first-order valence-corrected chi connectivity index (χ1v) is 9.30. The Bertz CT molecular complexity index is 423. The van der Waals surface area contributed by atoms with Crippen molar-refractivity contribution in [3.05, 3.63) is 0 Å². The molecule has 1 aliphatic carbocycles. The third-order valence-corrected chi connectivity index (χ3v) is 5.37. The highest BCUT2D eigenvalue weighted by molar-refractivity contribution is 5.88. The average Bonchev–Trinajstić information content (AvgIpc) is 2.65. The zero-order valence-corrected chi connectivity index (χ0v) is 15.0. The first-order valence-electron chi connectivity index (χ1n) is 9.30. The largest absolute Gasteiger partial charge is 0.467 e. The number of rotatable bonds is 6. The molecule has 1 saturated heterocycles. The number of ether oxygens (including phenoxy) is 2. The minimum absolute atomic E-state index is 0.207. The van der Waals surface area contributed by atoms with Gasteiger partial charge in [-0.3, -0.25) is 4.79 Å². The van der Waals surface area contributed by atoms with Gasteiger partial charge in [-0.05, 0) is 44.9 Å². The first-order chi connectivity index (χ1) is 11.5. The Morgan fingerprint density at radius 3 is 2.46 bits per heavy atom. The normalized spacial score (nSPS) is 25.1. The molecule has 6 heteroatoms. The Morgan fingerprint density at radius 1 is 1.12 bits per heavy atom. The predicted octanol–water partition coefficient (Wildman–Crippen LogP) is 1.85. The number of hydrogen-bond acceptors (Lipinski definition) is 5. The van der Waals surface area contributed by atoms with E-state index >= 15 is 0 Å². The molecule has 1 saturated carbocycles. The average molecular weight is 340 g/mol. The van der Waals surface area contributed by atoms with Crippen molar-refractivity contribution in [1.29, 1.82) is 0 Å². The van der Waals surface area contributed by atoms with Crippen molar-refractivity contribution in [2.45, 2.75) is 76.5 Å². The van der Waals surface area contributed by atoms with Crippen LogP contribution in [0.4, 0.5) is 0 Å². The Labute approximate surface area is 145 Å². The molecule has 2 aliphatic rings. The van der Waals surface area contributed by atoms with Gasteiger partial charge in [0.05, 0.1) is 13.2 Å². The number of carbonyl (C=O) groups is 2. The van der Waals surface area contributed by atoms with Gasteiger partial charge in [0.25, 0.3) is 0 Å². The van der Waals surface area contributed by atoms with Crippen molar-refractivity contribution in [3.8, 4) is 0 Å². The highest BCUT2D eigenvalue weighted by Crippen LogP contribution is 2.24. The molecule has 6 nitrogen and oxygen atoms in total. The Balaban J connectivity index is 1.87. The van der Waals surface area contributed by atoms with E-state index in [4.69, 9.17) is 15.2 Å².